The van der Waals surface area contributed by atoms with Crippen molar-refractivity contribution in [2.45, 2.75) is 13.5 Å². The summed E-state index contributed by atoms with van der Waals surface area (Å²) in [6.45, 7) is 2.48. The Morgan fingerprint density at radius 1 is 1.17 bits per heavy atom. The van der Waals surface area contributed by atoms with Gasteiger partial charge in [0, 0.05) is 31.7 Å². The number of aryl methyl sites for hydroxylation is 1. The Kier molecular flexibility index (Phi) is 4.02. The fraction of sp³-hybridized carbons (Fsp3) is 0.222. The quantitative estimate of drug-likeness (QED) is 0.779. The van der Waals surface area contributed by atoms with E-state index in [9.17, 15) is 4.79 Å². The van der Waals surface area contributed by atoms with Crippen LogP contribution in [-0.4, -0.2) is 30.2 Å². The molecule has 3 rings (SSSR count). The van der Waals surface area contributed by atoms with Crippen molar-refractivity contribution in [3.8, 4) is 0 Å². The van der Waals surface area contributed by atoms with Crippen LogP contribution < -0.4 is 10.2 Å². The molecule has 1 amide bonds. The van der Waals surface area contributed by atoms with Crippen molar-refractivity contribution in [3.05, 3.63) is 59.3 Å². The second-order valence-corrected chi connectivity index (χ2v) is 5.86. The fourth-order valence-electron chi connectivity index (χ4n) is 2.48. The molecule has 118 valence electrons. The van der Waals surface area contributed by atoms with Gasteiger partial charge in [-0.05, 0) is 36.8 Å². The summed E-state index contributed by atoms with van der Waals surface area (Å²) in [5.74, 6) is -0.168. The lowest BCUT2D eigenvalue weighted by atomic mass is 10.1. The van der Waals surface area contributed by atoms with Crippen molar-refractivity contribution in [3.63, 3.8) is 0 Å². The molecule has 0 saturated carbocycles. The summed E-state index contributed by atoms with van der Waals surface area (Å²) >= 11 is 0. The van der Waals surface area contributed by atoms with Crippen LogP contribution in [0.25, 0.3) is 10.9 Å². The molecule has 0 unspecified atom stereocenters. The highest BCUT2D eigenvalue weighted by atomic mass is 16.1. The molecule has 1 heterocycles. The Hall–Kier alpha value is -2.82. The molecular formula is C18H20N4O. The van der Waals surface area contributed by atoms with E-state index in [1.54, 1.807) is 0 Å². The van der Waals surface area contributed by atoms with E-state index in [-0.39, 0.29) is 5.91 Å². The molecule has 5 nitrogen and oxygen atoms in total. The highest BCUT2D eigenvalue weighted by molar-refractivity contribution is 6.04. The number of nitrogens with one attached hydrogen (secondary N) is 2. The number of fused-ring (bicyclic) bond motifs is 1. The third-order valence-electron chi connectivity index (χ3n) is 3.84. The molecule has 3 aromatic rings. The first-order chi connectivity index (χ1) is 11.0. The van der Waals surface area contributed by atoms with Gasteiger partial charge in [0.15, 0.2) is 5.69 Å². The van der Waals surface area contributed by atoms with Gasteiger partial charge < -0.3 is 10.2 Å². The molecule has 0 fully saturated rings. The van der Waals surface area contributed by atoms with E-state index in [4.69, 9.17) is 0 Å². The molecule has 2 N–H and O–H groups in total. The number of benzene rings is 2. The van der Waals surface area contributed by atoms with Crippen LogP contribution in [0.4, 0.5) is 5.69 Å². The smallest absolute Gasteiger partial charge is 0.272 e. The zero-order chi connectivity index (χ0) is 16.4. The molecule has 5 heteroatoms. The highest BCUT2D eigenvalue weighted by Gasteiger charge is 2.13. The number of amides is 1. The van der Waals surface area contributed by atoms with Gasteiger partial charge in [0.05, 0.1) is 5.52 Å². The number of anilines is 1. The monoisotopic (exact) mass is 308 g/mol. The summed E-state index contributed by atoms with van der Waals surface area (Å²) < 4.78 is 0. The van der Waals surface area contributed by atoms with Crippen molar-refractivity contribution in [1.82, 2.24) is 15.5 Å². The lowest BCUT2D eigenvalue weighted by Crippen LogP contribution is -2.23. The minimum atomic E-state index is -0.168. The van der Waals surface area contributed by atoms with Crippen molar-refractivity contribution in [2.75, 3.05) is 19.0 Å². The fourth-order valence-corrected chi connectivity index (χ4v) is 2.48. The molecule has 0 spiro atoms. The van der Waals surface area contributed by atoms with E-state index >= 15 is 0 Å². The first-order valence-corrected chi connectivity index (χ1v) is 7.54. The number of nitrogens with zero attached hydrogens (tertiary/aromatic N) is 2. The van der Waals surface area contributed by atoms with Crippen LogP contribution in [0.15, 0.2) is 42.5 Å². The van der Waals surface area contributed by atoms with Crippen LogP contribution in [0.2, 0.25) is 0 Å². The molecule has 0 saturated heterocycles. The number of hydrogen-bond acceptors (Lipinski definition) is 3. The van der Waals surface area contributed by atoms with Crippen LogP contribution in [-0.2, 0) is 6.54 Å². The van der Waals surface area contributed by atoms with E-state index in [1.165, 1.54) is 0 Å². The summed E-state index contributed by atoms with van der Waals surface area (Å²) in [6, 6.07) is 14.0. The van der Waals surface area contributed by atoms with Crippen molar-refractivity contribution in [1.29, 1.82) is 0 Å². The maximum absolute atomic E-state index is 12.4. The number of hydrogen-bond donors (Lipinski definition) is 2. The number of aromatic nitrogens is 2. The first kappa shape index (κ1) is 15.1. The Balaban J connectivity index is 1.72. The van der Waals surface area contributed by atoms with E-state index < -0.39 is 0 Å². The van der Waals surface area contributed by atoms with Crippen LogP contribution in [0, 0.1) is 6.92 Å². The lowest BCUT2D eigenvalue weighted by molar-refractivity contribution is 0.0947. The SMILES string of the molecule is Cc1ccc2[nH]nc(C(=O)NCc3ccc(N(C)C)cc3)c2c1. The van der Waals surface area contributed by atoms with Gasteiger partial charge in [-0.15, -0.1) is 0 Å². The van der Waals surface area contributed by atoms with Gasteiger partial charge in [-0.2, -0.15) is 5.10 Å². The number of H-pyrrole nitrogens is 1. The second-order valence-electron chi connectivity index (χ2n) is 5.86. The molecule has 0 aliphatic heterocycles. The molecule has 0 atom stereocenters. The average Bonchev–Trinajstić information content (AvgIpc) is 2.96. The molecular weight excluding hydrogens is 288 g/mol. The predicted molar refractivity (Wildman–Crippen MR) is 92.8 cm³/mol. The van der Waals surface area contributed by atoms with Gasteiger partial charge in [0.25, 0.3) is 5.91 Å². The summed E-state index contributed by atoms with van der Waals surface area (Å²) in [6.07, 6.45) is 0. The average molecular weight is 308 g/mol. The Morgan fingerprint density at radius 3 is 2.61 bits per heavy atom. The van der Waals surface area contributed by atoms with Crippen LogP contribution in [0.1, 0.15) is 21.6 Å². The molecule has 2 aromatic carbocycles. The number of carbonyl (C=O) groups excluding carboxylic acids is 1. The molecule has 0 bridgehead atoms. The predicted octanol–water partition coefficient (Wildman–Crippen LogP) is 2.87. The summed E-state index contributed by atoms with van der Waals surface area (Å²) in [5, 5.41) is 10.8. The van der Waals surface area contributed by atoms with Crippen molar-refractivity contribution >= 4 is 22.5 Å². The van der Waals surface area contributed by atoms with Gasteiger partial charge >= 0.3 is 0 Å². The van der Waals surface area contributed by atoms with E-state index in [0.29, 0.717) is 12.2 Å². The number of carbonyl (C=O) groups is 1. The number of rotatable bonds is 4. The minimum absolute atomic E-state index is 0.168. The van der Waals surface area contributed by atoms with E-state index in [2.05, 4.69) is 15.5 Å². The van der Waals surface area contributed by atoms with Gasteiger partial charge in [-0.1, -0.05) is 23.8 Å². The largest absolute Gasteiger partial charge is 0.378 e. The molecule has 1 aromatic heterocycles. The Morgan fingerprint density at radius 2 is 1.91 bits per heavy atom. The standard InChI is InChI=1S/C18H20N4O/c1-12-4-9-16-15(10-12)17(21-20-16)18(23)19-11-13-5-7-14(8-6-13)22(2)3/h4-10H,11H2,1-3H3,(H,19,23)(H,20,21). The zero-order valence-electron chi connectivity index (χ0n) is 13.6. The lowest BCUT2D eigenvalue weighted by Gasteiger charge is -2.12. The normalized spacial score (nSPS) is 10.7. The summed E-state index contributed by atoms with van der Waals surface area (Å²) in [4.78, 5) is 14.4. The van der Waals surface area contributed by atoms with Crippen LogP contribution >= 0.6 is 0 Å². The first-order valence-electron chi connectivity index (χ1n) is 7.54. The number of aromatic amines is 1. The van der Waals surface area contributed by atoms with Gasteiger partial charge in [-0.3, -0.25) is 9.89 Å². The van der Waals surface area contributed by atoms with Gasteiger partial charge in [-0.25, -0.2) is 0 Å². The van der Waals surface area contributed by atoms with Crippen molar-refractivity contribution in [2.24, 2.45) is 0 Å². The zero-order valence-corrected chi connectivity index (χ0v) is 13.6. The Labute approximate surface area is 135 Å². The maximum Gasteiger partial charge on any atom is 0.272 e. The van der Waals surface area contributed by atoms with Crippen molar-refractivity contribution < 1.29 is 4.79 Å². The minimum Gasteiger partial charge on any atom is -0.378 e. The Bertz CT molecular complexity index is 834. The molecule has 0 aliphatic carbocycles. The van der Waals surface area contributed by atoms with Gasteiger partial charge in [0.2, 0.25) is 0 Å². The van der Waals surface area contributed by atoms with Crippen LogP contribution in [0.3, 0.4) is 0 Å². The molecule has 0 radical (unpaired) electrons. The second kappa shape index (κ2) is 6.12. The topological polar surface area (TPSA) is 61.0 Å². The third-order valence-corrected chi connectivity index (χ3v) is 3.84. The third kappa shape index (κ3) is 3.18. The van der Waals surface area contributed by atoms with E-state index in [0.717, 1.165) is 27.7 Å². The van der Waals surface area contributed by atoms with Gasteiger partial charge in [0.1, 0.15) is 0 Å². The van der Waals surface area contributed by atoms with Crippen LogP contribution in [0.5, 0.6) is 0 Å². The highest BCUT2D eigenvalue weighted by Crippen LogP contribution is 2.17. The molecule has 23 heavy (non-hydrogen) atoms. The maximum atomic E-state index is 12.4. The summed E-state index contributed by atoms with van der Waals surface area (Å²) in [5.41, 5.74) is 4.60. The van der Waals surface area contributed by atoms with E-state index in [1.807, 2.05) is 68.4 Å². The molecule has 0 aliphatic rings. The summed E-state index contributed by atoms with van der Waals surface area (Å²) in [7, 11) is 4.00.